The lowest BCUT2D eigenvalue weighted by Crippen LogP contribution is -2.46. The van der Waals surface area contributed by atoms with Crippen molar-refractivity contribution in [3.8, 4) is 0 Å². The zero-order valence-corrected chi connectivity index (χ0v) is 16.6. The number of amides is 1. The highest BCUT2D eigenvalue weighted by Crippen LogP contribution is 2.20. The van der Waals surface area contributed by atoms with E-state index in [0.717, 1.165) is 21.8 Å². The van der Waals surface area contributed by atoms with Crippen molar-refractivity contribution in [3.05, 3.63) is 60.2 Å². The van der Waals surface area contributed by atoms with Crippen molar-refractivity contribution in [2.24, 2.45) is 5.10 Å². The minimum atomic E-state index is -3.64. The van der Waals surface area contributed by atoms with Gasteiger partial charge in [0.2, 0.25) is 10.0 Å². The third-order valence-corrected chi connectivity index (χ3v) is 5.14. The minimum Gasteiger partial charge on any atom is -0.378 e. The molecule has 0 heterocycles. The summed E-state index contributed by atoms with van der Waals surface area (Å²) in [5, 5.41) is 3.94. The molecule has 0 spiro atoms. The molecule has 0 aliphatic heterocycles. The van der Waals surface area contributed by atoms with Crippen molar-refractivity contribution in [2.75, 3.05) is 29.6 Å². The molecule has 1 N–H and O–H groups in total. The highest BCUT2D eigenvalue weighted by Gasteiger charge is 2.28. The van der Waals surface area contributed by atoms with Gasteiger partial charge in [-0.1, -0.05) is 30.3 Å². The fourth-order valence-electron chi connectivity index (χ4n) is 2.51. The topological polar surface area (TPSA) is 82.1 Å². The minimum absolute atomic E-state index is 0.422. The van der Waals surface area contributed by atoms with Gasteiger partial charge >= 0.3 is 0 Å². The van der Waals surface area contributed by atoms with Crippen LogP contribution in [0.3, 0.4) is 0 Å². The van der Waals surface area contributed by atoms with Gasteiger partial charge in [-0.25, -0.2) is 13.8 Å². The summed E-state index contributed by atoms with van der Waals surface area (Å²) < 4.78 is 25.4. The van der Waals surface area contributed by atoms with Crippen LogP contribution in [0.25, 0.3) is 0 Å². The van der Waals surface area contributed by atoms with Gasteiger partial charge in [-0.15, -0.1) is 0 Å². The Balaban J connectivity index is 2.09. The third kappa shape index (κ3) is 5.55. The highest BCUT2D eigenvalue weighted by molar-refractivity contribution is 7.92. The fraction of sp³-hybridized carbons (Fsp3) is 0.263. The summed E-state index contributed by atoms with van der Waals surface area (Å²) in [5.41, 5.74) is 4.70. The lowest BCUT2D eigenvalue weighted by atomic mass is 10.2. The molecule has 7 nitrogen and oxygen atoms in total. The van der Waals surface area contributed by atoms with Crippen LogP contribution in [0.4, 0.5) is 11.4 Å². The first-order chi connectivity index (χ1) is 12.7. The summed E-state index contributed by atoms with van der Waals surface area (Å²) in [4.78, 5) is 14.4. The van der Waals surface area contributed by atoms with E-state index in [-0.39, 0.29) is 0 Å². The lowest BCUT2D eigenvalue weighted by Gasteiger charge is -2.27. The maximum atomic E-state index is 12.4. The predicted molar refractivity (Wildman–Crippen MR) is 110 cm³/mol. The van der Waals surface area contributed by atoms with Crippen molar-refractivity contribution >= 4 is 33.5 Å². The van der Waals surface area contributed by atoms with Gasteiger partial charge in [0.15, 0.2) is 0 Å². The number of carbonyl (C=O) groups excluding carboxylic acids is 1. The number of benzene rings is 2. The van der Waals surface area contributed by atoms with Crippen molar-refractivity contribution < 1.29 is 13.2 Å². The van der Waals surface area contributed by atoms with Crippen LogP contribution in [0.15, 0.2) is 59.7 Å². The summed E-state index contributed by atoms with van der Waals surface area (Å²) in [5.74, 6) is -0.523. The van der Waals surface area contributed by atoms with Gasteiger partial charge in [0.1, 0.15) is 6.04 Å². The molecule has 27 heavy (non-hydrogen) atoms. The number of sulfonamides is 1. The Kier molecular flexibility index (Phi) is 6.57. The molecule has 0 bridgehead atoms. The lowest BCUT2D eigenvalue weighted by molar-refractivity contribution is -0.121. The summed E-state index contributed by atoms with van der Waals surface area (Å²) >= 11 is 0. The molecule has 1 atom stereocenters. The van der Waals surface area contributed by atoms with Crippen LogP contribution in [0, 0.1) is 0 Å². The van der Waals surface area contributed by atoms with E-state index in [1.165, 1.54) is 13.1 Å². The van der Waals surface area contributed by atoms with Gasteiger partial charge in [0.25, 0.3) is 5.91 Å². The van der Waals surface area contributed by atoms with Crippen molar-refractivity contribution in [1.29, 1.82) is 0 Å². The number of hydrazone groups is 1. The van der Waals surface area contributed by atoms with E-state index in [4.69, 9.17) is 0 Å². The van der Waals surface area contributed by atoms with Gasteiger partial charge in [0, 0.05) is 19.8 Å². The molecule has 8 heteroatoms. The standard InChI is InChI=1S/C19H24N4O3S/c1-15(23(27(4,25)26)18-8-6-5-7-9-18)19(24)21-20-14-16-10-12-17(13-11-16)22(2)3/h5-15H,1-4H3,(H,21,24)/b20-14-/t15-/m1/s1. The highest BCUT2D eigenvalue weighted by atomic mass is 32.2. The molecule has 0 radical (unpaired) electrons. The molecule has 2 aromatic rings. The third-order valence-electron chi connectivity index (χ3n) is 3.90. The summed E-state index contributed by atoms with van der Waals surface area (Å²) in [6.07, 6.45) is 2.58. The van der Waals surface area contributed by atoms with Crippen LogP contribution in [0.1, 0.15) is 12.5 Å². The van der Waals surface area contributed by atoms with Crippen LogP contribution < -0.4 is 14.6 Å². The van der Waals surface area contributed by atoms with Crippen LogP contribution in [-0.4, -0.2) is 46.9 Å². The normalized spacial score (nSPS) is 12.6. The Bertz CT molecular complexity index is 894. The van der Waals surface area contributed by atoms with Crippen LogP contribution in [0.5, 0.6) is 0 Å². The van der Waals surface area contributed by atoms with Gasteiger partial charge in [0.05, 0.1) is 18.2 Å². The fourth-order valence-corrected chi connectivity index (χ4v) is 3.68. The van der Waals surface area contributed by atoms with Crippen LogP contribution >= 0.6 is 0 Å². The summed E-state index contributed by atoms with van der Waals surface area (Å²) in [6.45, 7) is 1.52. The second kappa shape index (κ2) is 8.68. The molecule has 0 aliphatic carbocycles. The second-order valence-electron chi connectivity index (χ2n) is 6.29. The van der Waals surface area contributed by atoms with Crippen LogP contribution in [0.2, 0.25) is 0 Å². The molecular weight excluding hydrogens is 364 g/mol. The number of anilines is 2. The maximum Gasteiger partial charge on any atom is 0.263 e. The van der Waals surface area contributed by atoms with Crippen LogP contribution in [-0.2, 0) is 14.8 Å². The molecule has 0 aliphatic rings. The largest absolute Gasteiger partial charge is 0.378 e. The zero-order chi connectivity index (χ0) is 20.0. The Morgan fingerprint density at radius 2 is 1.63 bits per heavy atom. The summed E-state index contributed by atoms with van der Waals surface area (Å²) in [7, 11) is 0.262. The molecule has 144 valence electrons. The van der Waals surface area contributed by atoms with E-state index < -0.39 is 22.0 Å². The van der Waals surface area contributed by atoms with Crippen molar-refractivity contribution in [3.63, 3.8) is 0 Å². The molecule has 1 amide bonds. The molecule has 0 unspecified atom stereocenters. The molecule has 2 rings (SSSR count). The Morgan fingerprint density at radius 3 is 2.15 bits per heavy atom. The molecule has 0 saturated heterocycles. The quantitative estimate of drug-likeness (QED) is 0.581. The second-order valence-corrected chi connectivity index (χ2v) is 8.15. The number of nitrogens with zero attached hydrogens (tertiary/aromatic N) is 3. The monoisotopic (exact) mass is 388 g/mol. The molecule has 0 saturated carbocycles. The van der Waals surface area contributed by atoms with Crippen molar-refractivity contribution in [1.82, 2.24) is 5.43 Å². The smallest absolute Gasteiger partial charge is 0.263 e. The van der Waals surface area contributed by atoms with Crippen molar-refractivity contribution in [2.45, 2.75) is 13.0 Å². The molecule has 0 aromatic heterocycles. The number of hydrogen-bond donors (Lipinski definition) is 1. The van der Waals surface area contributed by atoms with E-state index in [1.54, 1.807) is 30.3 Å². The van der Waals surface area contributed by atoms with E-state index in [0.29, 0.717) is 5.69 Å². The van der Waals surface area contributed by atoms with E-state index in [2.05, 4.69) is 10.5 Å². The summed E-state index contributed by atoms with van der Waals surface area (Å²) in [6, 6.07) is 15.2. The maximum absolute atomic E-state index is 12.4. The Labute approximate surface area is 160 Å². The van der Waals surface area contributed by atoms with E-state index in [9.17, 15) is 13.2 Å². The number of para-hydroxylation sites is 1. The SMILES string of the molecule is C[C@H](C(=O)N/N=C\c1ccc(N(C)C)cc1)N(c1ccccc1)S(C)(=O)=O. The van der Waals surface area contributed by atoms with Gasteiger partial charge in [-0.05, 0) is 36.8 Å². The Hall–Kier alpha value is -2.87. The number of nitrogens with one attached hydrogen (secondary N) is 1. The average Bonchev–Trinajstić information content (AvgIpc) is 2.61. The van der Waals surface area contributed by atoms with E-state index in [1.807, 2.05) is 43.3 Å². The Morgan fingerprint density at radius 1 is 1.04 bits per heavy atom. The zero-order valence-electron chi connectivity index (χ0n) is 15.8. The predicted octanol–water partition coefficient (Wildman–Crippen LogP) is 2.06. The van der Waals surface area contributed by atoms with Gasteiger partial charge in [-0.2, -0.15) is 5.10 Å². The number of rotatable bonds is 7. The van der Waals surface area contributed by atoms with Gasteiger partial charge in [-0.3, -0.25) is 9.10 Å². The number of hydrogen-bond acceptors (Lipinski definition) is 5. The van der Waals surface area contributed by atoms with Gasteiger partial charge < -0.3 is 4.90 Å². The first kappa shape index (κ1) is 20.4. The molecule has 0 fully saturated rings. The number of carbonyl (C=O) groups is 1. The average molecular weight is 388 g/mol. The first-order valence-corrected chi connectivity index (χ1v) is 10.2. The molecular formula is C19H24N4O3S. The first-order valence-electron chi connectivity index (χ1n) is 8.35. The van der Waals surface area contributed by atoms with E-state index >= 15 is 0 Å². The molecule has 2 aromatic carbocycles.